The molecule has 0 bridgehead atoms. The number of alkyl halides is 1. The number of nitrogens with one attached hydrogen (secondary N) is 1. The van der Waals surface area contributed by atoms with Gasteiger partial charge in [-0.3, -0.25) is 5.32 Å². The van der Waals surface area contributed by atoms with E-state index in [1.54, 1.807) is 0 Å². The molecule has 2 aromatic rings. The third kappa shape index (κ3) is 3.42. The van der Waals surface area contributed by atoms with Crippen molar-refractivity contribution >= 4 is 39.3 Å². The number of carboxylic acid groups (broad SMARTS) is 1. The number of benzene rings is 1. The zero-order valence-electron chi connectivity index (χ0n) is 11.3. The van der Waals surface area contributed by atoms with Crippen LogP contribution in [0.15, 0.2) is 21.3 Å². The molecule has 0 radical (unpaired) electrons. The molecular weight excluding hydrogens is 382 g/mol. The van der Waals surface area contributed by atoms with Crippen molar-refractivity contribution in [2.75, 3.05) is 17.8 Å². The molecule has 1 aromatic carbocycles. The van der Waals surface area contributed by atoms with Crippen LogP contribution in [-0.2, 0) is 6.54 Å². The van der Waals surface area contributed by atoms with Gasteiger partial charge in [0, 0.05) is 11.4 Å². The van der Waals surface area contributed by atoms with Crippen LogP contribution >= 0.6 is 27.5 Å². The highest BCUT2D eigenvalue weighted by molar-refractivity contribution is 9.09. The summed E-state index contributed by atoms with van der Waals surface area (Å²) in [5.74, 6) is -0.313. The van der Waals surface area contributed by atoms with Gasteiger partial charge in [0.15, 0.2) is 0 Å². The van der Waals surface area contributed by atoms with Crippen LogP contribution in [-0.4, -0.2) is 33.4 Å². The molecule has 2 N–H and O–H groups in total. The van der Waals surface area contributed by atoms with Gasteiger partial charge in [-0.15, -0.1) is 5.10 Å². The Bertz CT molecular complexity index is 758. The molecule has 0 fully saturated rings. The highest BCUT2D eigenvalue weighted by Crippen LogP contribution is 2.36. The molecule has 0 aliphatic carbocycles. The standard InChI is InChI=1S/C12H11BrClN3O5/c1-21-9-5-8(15-11(18)19)7(14)4-6(9)10-16-17(3-2-13)12(20)22-10/h4-5,15H,2-3H2,1H3,(H,18,19). The summed E-state index contributed by atoms with van der Waals surface area (Å²) in [5, 5.41) is 15.6. The number of rotatable bonds is 5. The lowest BCUT2D eigenvalue weighted by molar-refractivity contribution is 0.209. The summed E-state index contributed by atoms with van der Waals surface area (Å²) in [7, 11) is 1.39. The predicted molar refractivity (Wildman–Crippen MR) is 83.2 cm³/mol. The first kappa shape index (κ1) is 16.4. The lowest BCUT2D eigenvalue weighted by Crippen LogP contribution is -2.16. The molecule has 0 unspecified atom stereocenters. The fraction of sp³-hybridized carbons (Fsp3) is 0.250. The van der Waals surface area contributed by atoms with E-state index < -0.39 is 11.8 Å². The number of halogens is 2. The average molecular weight is 393 g/mol. The van der Waals surface area contributed by atoms with Crippen LogP contribution < -0.4 is 15.8 Å². The van der Waals surface area contributed by atoms with E-state index in [1.807, 2.05) is 0 Å². The molecule has 8 nitrogen and oxygen atoms in total. The predicted octanol–water partition coefficient (Wildman–Crippen LogP) is 2.65. The number of methoxy groups -OCH3 is 1. The second-order valence-corrected chi connectivity index (χ2v) is 5.25. The summed E-state index contributed by atoms with van der Waals surface area (Å²) in [4.78, 5) is 22.4. The summed E-state index contributed by atoms with van der Waals surface area (Å²) in [6.45, 7) is 0.344. The van der Waals surface area contributed by atoms with Crippen molar-refractivity contribution < 1.29 is 19.1 Å². The first-order chi connectivity index (χ1) is 10.5. The zero-order valence-corrected chi connectivity index (χ0v) is 13.6. The quantitative estimate of drug-likeness (QED) is 0.758. The van der Waals surface area contributed by atoms with Gasteiger partial charge >= 0.3 is 11.8 Å². The van der Waals surface area contributed by atoms with E-state index in [-0.39, 0.29) is 22.4 Å². The van der Waals surface area contributed by atoms with E-state index in [9.17, 15) is 9.59 Å². The number of anilines is 1. The first-order valence-electron chi connectivity index (χ1n) is 5.98. The van der Waals surface area contributed by atoms with Gasteiger partial charge < -0.3 is 14.3 Å². The van der Waals surface area contributed by atoms with Crippen molar-refractivity contribution in [3.8, 4) is 17.2 Å². The lowest BCUT2D eigenvalue weighted by atomic mass is 10.1. The fourth-order valence-electron chi connectivity index (χ4n) is 1.74. The van der Waals surface area contributed by atoms with E-state index in [0.29, 0.717) is 17.4 Å². The maximum absolute atomic E-state index is 11.6. The Morgan fingerprint density at radius 3 is 2.91 bits per heavy atom. The molecule has 0 aliphatic heterocycles. The third-order valence-electron chi connectivity index (χ3n) is 2.66. The van der Waals surface area contributed by atoms with Gasteiger partial charge in [-0.25, -0.2) is 9.59 Å². The van der Waals surface area contributed by atoms with Crippen LogP contribution in [0.25, 0.3) is 11.5 Å². The number of hydrogen-bond acceptors (Lipinski definition) is 5. The molecule has 0 spiro atoms. The maximum atomic E-state index is 11.6. The van der Waals surface area contributed by atoms with Gasteiger partial charge in [0.25, 0.3) is 5.89 Å². The van der Waals surface area contributed by atoms with Crippen molar-refractivity contribution in [1.82, 2.24) is 9.78 Å². The zero-order chi connectivity index (χ0) is 16.3. The second kappa shape index (κ2) is 6.84. The topological polar surface area (TPSA) is 107 Å². The van der Waals surface area contributed by atoms with Gasteiger partial charge in [-0.2, -0.15) is 4.68 Å². The number of hydrogen-bond donors (Lipinski definition) is 2. The van der Waals surface area contributed by atoms with E-state index >= 15 is 0 Å². The van der Waals surface area contributed by atoms with Crippen molar-refractivity contribution in [3.63, 3.8) is 0 Å². The molecule has 0 saturated heterocycles. The summed E-state index contributed by atoms with van der Waals surface area (Å²) in [6.07, 6.45) is -1.26. The van der Waals surface area contributed by atoms with E-state index in [1.165, 1.54) is 19.2 Å². The molecule has 2 rings (SSSR count). The molecule has 118 valence electrons. The van der Waals surface area contributed by atoms with E-state index in [2.05, 4.69) is 26.3 Å². The summed E-state index contributed by atoms with van der Waals surface area (Å²) in [5.41, 5.74) is 0.492. The number of ether oxygens (including phenoxy) is 1. The minimum atomic E-state index is -1.26. The van der Waals surface area contributed by atoms with Crippen LogP contribution in [0.3, 0.4) is 0 Å². The summed E-state index contributed by atoms with van der Waals surface area (Å²) < 4.78 is 11.4. The fourth-order valence-corrected chi connectivity index (χ4v) is 2.28. The SMILES string of the molecule is COc1cc(NC(=O)O)c(Cl)cc1-c1nn(CCBr)c(=O)o1. The monoisotopic (exact) mass is 391 g/mol. The molecule has 1 aromatic heterocycles. The van der Waals surface area contributed by atoms with E-state index in [4.69, 9.17) is 25.9 Å². The molecule has 0 saturated carbocycles. The Labute approximate surface area is 137 Å². The van der Waals surface area contributed by atoms with Crippen molar-refractivity contribution in [1.29, 1.82) is 0 Å². The molecular formula is C12H11BrClN3O5. The van der Waals surface area contributed by atoms with Gasteiger partial charge in [0.05, 0.1) is 29.9 Å². The molecule has 10 heteroatoms. The van der Waals surface area contributed by atoms with Crippen LogP contribution in [0, 0.1) is 0 Å². The number of aromatic nitrogens is 2. The Balaban J connectivity index is 2.50. The van der Waals surface area contributed by atoms with Crippen LogP contribution in [0.1, 0.15) is 0 Å². The Morgan fingerprint density at radius 1 is 1.59 bits per heavy atom. The third-order valence-corrected chi connectivity index (χ3v) is 3.33. The highest BCUT2D eigenvalue weighted by atomic mass is 79.9. The van der Waals surface area contributed by atoms with Gasteiger partial charge in [-0.05, 0) is 6.07 Å². The number of aryl methyl sites for hydroxylation is 1. The number of carbonyl (C=O) groups is 1. The normalized spacial score (nSPS) is 10.5. The summed E-state index contributed by atoms with van der Waals surface area (Å²) in [6, 6.07) is 2.80. The van der Waals surface area contributed by atoms with Crippen LogP contribution in [0.4, 0.5) is 10.5 Å². The van der Waals surface area contributed by atoms with Crippen molar-refractivity contribution in [2.45, 2.75) is 6.54 Å². The largest absolute Gasteiger partial charge is 0.496 e. The smallest absolute Gasteiger partial charge is 0.437 e. The number of nitrogens with zero attached hydrogens (tertiary/aromatic N) is 2. The van der Waals surface area contributed by atoms with Crippen LogP contribution in [0.2, 0.25) is 5.02 Å². The van der Waals surface area contributed by atoms with Gasteiger partial charge in [0.2, 0.25) is 0 Å². The summed E-state index contributed by atoms with van der Waals surface area (Å²) >= 11 is 9.22. The second-order valence-electron chi connectivity index (χ2n) is 4.05. The lowest BCUT2D eigenvalue weighted by Gasteiger charge is -2.10. The maximum Gasteiger partial charge on any atom is 0.437 e. The molecule has 0 aliphatic rings. The molecule has 22 heavy (non-hydrogen) atoms. The Kier molecular flexibility index (Phi) is 5.09. The Morgan fingerprint density at radius 2 is 2.32 bits per heavy atom. The Hall–Kier alpha value is -2.00. The van der Waals surface area contributed by atoms with Gasteiger partial charge in [-0.1, -0.05) is 27.5 Å². The average Bonchev–Trinajstić information content (AvgIpc) is 2.82. The van der Waals surface area contributed by atoms with Crippen LogP contribution in [0.5, 0.6) is 5.75 Å². The van der Waals surface area contributed by atoms with Crippen molar-refractivity contribution in [3.05, 3.63) is 27.7 Å². The first-order valence-corrected chi connectivity index (χ1v) is 7.48. The molecule has 1 heterocycles. The molecule has 1 amide bonds. The number of amides is 1. The van der Waals surface area contributed by atoms with Crippen molar-refractivity contribution in [2.24, 2.45) is 0 Å². The highest BCUT2D eigenvalue weighted by Gasteiger charge is 2.18. The minimum Gasteiger partial charge on any atom is -0.496 e. The van der Waals surface area contributed by atoms with Gasteiger partial charge in [0.1, 0.15) is 5.75 Å². The minimum absolute atomic E-state index is 0.0339. The molecule has 0 atom stereocenters. The van der Waals surface area contributed by atoms with E-state index in [0.717, 1.165) is 4.68 Å².